The molecule has 0 aliphatic heterocycles. The lowest BCUT2D eigenvalue weighted by Gasteiger charge is -2.32. The van der Waals surface area contributed by atoms with Gasteiger partial charge in [0.25, 0.3) is 0 Å². The molecule has 0 atom stereocenters. The summed E-state index contributed by atoms with van der Waals surface area (Å²) in [7, 11) is 1.82. The molecule has 1 aliphatic rings. The van der Waals surface area contributed by atoms with Crippen LogP contribution in [-0.4, -0.2) is 37.2 Å². The molecule has 0 radical (unpaired) electrons. The van der Waals surface area contributed by atoms with Crippen molar-refractivity contribution in [2.24, 2.45) is 16.8 Å². The molecule has 1 aromatic rings. The molecule has 1 saturated carbocycles. The van der Waals surface area contributed by atoms with Crippen LogP contribution in [-0.2, 0) is 0 Å². The van der Waals surface area contributed by atoms with E-state index < -0.39 is 0 Å². The molecule has 0 aromatic carbocycles. The van der Waals surface area contributed by atoms with Gasteiger partial charge < -0.3 is 15.4 Å². The summed E-state index contributed by atoms with van der Waals surface area (Å²) in [6.45, 7) is 5.98. The van der Waals surface area contributed by atoms with Crippen LogP contribution < -0.4 is 15.4 Å². The van der Waals surface area contributed by atoms with Crippen molar-refractivity contribution >= 4 is 5.96 Å². The van der Waals surface area contributed by atoms with Gasteiger partial charge in [-0.3, -0.25) is 9.98 Å². The van der Waals surface area contributed by atoms with Gasteiger partial charge in [0, 0.05) is 19.3 Å². The van der Waals surface area contributed by atoms with E-state index in [2.05, 4.69) is 34.5 Å². The number of pyridine rings is 1. The lowest BCUT2D eigenvalue weighted by atomic mass is 9.80. The number of nitrogens with zero attached hydrogens (tertiary/aromatic N) is 2. The van der Waals surface area contributed by atoms with Crippen LogP contribution in [0, 0.1) is 11.8 Å². The fourth-order valence-corrected chi connectivity index (χ4v) is 3.09. The third kappa shape index (κ3) is 6.08. The second-order valence-electron chi connectivity index (χ2n) is 6.54. The number of hydrogen-bond donors (Lipinski definition) is 2. The predicted molar refractivity (Wildman–Crippen MR) is 94.8 cm³/mol. The molecule has 0 bridgehead atoms. The molecule has 23 heavy (non-hydrogen) atoms. The lowest BCUT2D eigenvalue weighted by molar-refractivity contribution is 0.249. The van der Waals surface area contributed by atoms with Gasteiger partial charge in [-0.1, -0.05) is 13.8 Å². The second kappa shape index (κ2) is 9.38. The monoisotopic (exact) mass is 318 g/mol. The van der Waals surface area contributed by atoms with Crippen LogP contribution >= 0.6 is 0 Å². The molecule has 0 unspecified atom stereocenters. The predicted octanol–water partition coefficient (Wildman–Crippen LogP) is 2.84. The van der Waals surface area contributed by atoms with Crippen LogP contribution in [0.1, 0.15) is 39.5 Å². The first-order valence-corrected chi connectivity index (χ1v) is 8.69. The maximum atomic E-state index is 5.62. The number of aliphatic imine (C=N–C) groups is 1. The highest BCUT2D eigenvalue weighted by atomic mass is 16.5. The Bertz CT molecular complexity index is 467. The van der Waals surface area contributed by atoms with Crippen molar-refractivity contribution in [3.05, 3.63) is 24.5 Å². The molecule has 1 fully saturated rings. The van der Waals surface area contributed by atoms with E-state index in [1.54, 1.807) is 12.4 Å². The Balaban J connectivity index is 1.64. The highest BCUT2D eigenvalue weighted by Gasteiger charge is 2.23. The second-order valence-corrected chi connectivity index (χ2v) is 6.54. The van der Waals surface area contributed by atoms with Crippen molar-refractivity contribution in [3.8, 4) is 5.75 Å². The molecule has 0 saturated heterocycles. The average Bonchev–Trinajstić information content (AvgIpc) is 2.59. The Morgan fingerprint density at radius 1 is 1.35 bits per heavy atom. The van der Waals surface area contributed by atoms with E-state index in [0.717, 1.165) is 30.1 Å². The summed E-state index contributed by atoms with van der Waals surface area (Å²) in [5.74, 6) is 3.35. The number of guanidine groups is 1. The van der Waals surface area contributed by atoms with Gasteiger partial charge in [-0.15, -0.1) is 0 Å². The van der Waals surface area contributed by atoms with Crippen molar-refractivity contribution in [1.82, 2.24) is 15.6 Å². The zero-order valence-corrected chi connectivity index (χ0v) is 14.6. The molecule has 1 heterocycles. The standard InChI is InChI=1S/C18H30N4O/c1-14(2)15-6-8-16(9-7-15)22-18(19-3)21-11-12-23-17-5-4-10-20-13-17/h4-5,10,13-16H,6-9,11-12H2,1-3H3,(H2,19,21,22). The molecular formula is C18H30N4O. The zero-order valence-electron chi connectivity index (χ0n) is 14.6. The van der Waals surface area contributed by atoms with Crippen LogP contribution in [0.2, 0.25) is 0 Å². The summed E-state index contributed by atoms with van der Waals surface area (Å²) in [4.78, 5) is 8.34. The molecule has 1 aromatic heterocycles. The zero-order chi connectivity index (χ0) is 16.5. The Morgan fingerprint density at radius 3 is 2.74 bits per heavy atom. The van der Waals surface area contributed by atoms with Gasteiger partial charge >= 0.3 is 0 Å². The first kappa shape index (κ1) is 17.6. The largest absolute Gasteiger partial charge is 0.490 e. The average molecular weight is 318 g/mol. The van der Waals surface area contributed by atoms with Crippen LogP contribution in [0.25, 0.3) is 0 Å². The minimum Gasteiger partial charge on any atom is -0.490 e. The van der Waals surface area contributed by atoms with Gasteiger partial charge in [-0.25, -0.2) is 0 Å². The summed E-state index contributed by atoms with van der Waals surface area (Å²) in [5.41, 5.74) is 0. The van der Waals surface area contributed by atoms with Gasteiger partial charge in [0.1, 0.15) is 12.4 Å². The molecular weight excluding hydrogens is 288 g/mol. The summed E-state index contributed by atoms with van der Waals surface area (Å²) in [6, 6.07) is 4.32. The quantitative estimate of drug-likeness (QED) is 0.481. The van der Waals surface area contributed by atoms with E-state index in [1.165, 1.54) is 25.7 Å². The molecule has 5 heteroatoms. The number of ether oxygens (including phenoxy) is 1. The molecule has 0 amide bonds. The number of nitrogens with one attached hydrogen (secondary N) is 2. The highest BCUT2D eigenvalue weighted by molar-refractivity contribution is 5.79. The van der Waals surface area contributed by atoms with Gasteiger partial charge in [-0.05, 0) is 49.7 Å². The lowest BCUT2D eigenvalue weighted by Crippen LogP contribution is -2.46. The minimum absolute atomic E-state index is 0.537. The van der Waals surface area contributed by atoms with Crippen LogP contribution in [0.4, 0.5) is 0 Å². The smallest absolute Gasteiger partial charge is 0.191 e. The van der Waals surface area contributed by atoms with Gasteiger partial charge in [-0.2, -0.15) is 0 Å². The first-order chi connectivity index (χ1) is 11.2. The first-order valence-electron chi connectivity index (χ1n) is 8.69. The maximum Gasteiger partial charge on any atom is 0.191 e. The summed E-state index contributed by atoms with van der Waals surface area (Å²) in [6.07, 6.45) is 8.56. The molecule has 1 aliphatic carbocycles. The minimum atomic E-state index is 0.537. The van der Waals surface area contributed by atoms with Crippen LogP contribution in [0.15, 0.2) is 29.5 Å². The van der Waals surface area contributed by atoms with Gasteiger partial charge in [0.15, 0.2) is 5.96 Å². The fourth-order valence-electron chi connectivity index (χ4n) is 3.09. The van der Waals surface area contributed by atoms with Crippen LogP contribution in [0.3, 0.4) is 0 Å². The summed E-state index contributed by atoms with van der Waals surface area (Å²) >= 11 is 0. The molecule has 2 rings (SSSR count). The molecule has 128 valence electrons. The molecule has 5 nitrogen and oxygen atoms in total. The summed E-state index contributed by atoms with van der Waals surface area (Å²) < 4.78 is 5.62. The van der Waals surface area contributed by atoms with Crippen molar-refractivity contribution < 1.29 is 4.74 Å². The van der Waals surface area contributed by atoms with E-state index in [1.807, 2.05) is 19.2 Å². The van der Waals surface area contributed by atoms with E-state index in [0.29, 0.717) is 12.6 Å². The van der Waals surface area contributed by atoms with Crippen molar-refractivity contribution in [3.63, 3.8) is 0 Å². The molecule has 0 spiro atoms. The topological polar surface area (TPSA) is 58.5 Å². The van der Waals surface area contributed by atoms with Crippen LogP contribution in [0.5, 0.6) is 5.75 Å². The maximum absolute atomic E-state index is 5.62. The SMILES string of the molecule is CN=C(NCCOc1cccnc1)NC1CCC(C(C)C)CC1. The van der Waals surface area contributed by atoms with E-state index in [-0.39, 0.29) is 0 Å². The van der Waals surface area contributed by atoms with Gasteiger partial charge in [0.05, 0.1) is 12.7 Å². The van der Waals surface area contributed by atoms with Crippen molar-refractivity contribution in [2.45, 2.75) is 45.6 Å². The van der Waals surface area contributed by atoms with E-state index in [9.17, 15) is 0 Å². The Hall–Kier alpha value is -1.78. The Labute approximate surface area is 139 Å². The van der Waals surface area contributed by atoms with E-state index in [4.69, 9.17) is 4.74 Å². The van der Waals surface area contributed by atoms with Crippen molar-refractivity contribution in [1.29, 1.82) is 0 Å². The Kier molecular flexibility index (Phi) is 7.17. The molecule has 2 N–H and O–H groups in total. The van der Waals surface area contributed by atoms with E-state index >= 15 is 0 Å². The number of aromatic nitrogens is 1. The third-order valence-electron chi connectivity index (χ3n) is 4.58. The van der Waals surface area contributed by atoms with Gasteiger partial charge in [0.2, 0.25) is 0 Å². The number of hydrogen-bond acceptors (Lipinski definition) is 3. The fraction of sp³-hybridized carbons (Fsp3) is 0.667. The third-order valence-corrected chi connectivity index (χ3v) is 4.58. The summed E-state index contributed by atoms with van der Waals surface area (Å²) in [5, 5.41) is 6.85. The normalized spacial score (nSPS) is 22.0. The van der Waals surface area contributed by atoms with Crippen molar-refractivity contribution in [2.75, 3.05) is 20.2 Å². The highest BCUT2D eigenvalue weighted by Crippen LogP contribution is 2.29. The Morgan fingerprint density at radius 2 is 2.13 bits per heavy atom. The number of rotatable bonds is 6.